The lowest BCUT2D eigenvalue weighted by molar-refractivity contribution is 0.415. The first-order valence-electron chi connectivity index (χ1n) is 5.65. The zero-order chi connectivity index (χ0) is 13.7. The molecule has 0 fully saturated rings. The number of para-hydroxylation sites is 1. The summed E-state index contributed by atoms with van der Waals surface area (Å²) in [6.07, 6.45) is 0. The molecule has 0 amide bonds. The quantitative estimate of drug-likeness (QED) is 0.832. The first kappa shape index (κ1) is 13.6. The molecule has 0 unspecified atom stereocenters. The SMILES string of the molecule is COc1ccc(NC(=S)Nc2ccccc2Cl)cc1. The second kappa shape index (κ2) is 6.41. The number of hydrogen-bond acceptors (Lipinski definition) is 2. The van der Waals surface area contributed by atoms with Crippen LogP contribution in [-0.4, -0.2) is 12.2 Å². The van der Waals surface area contributed by atoms with Gasteiger partial charge in [-0.1, -0.05) is 23.7 Å². The van der Waals surface area contributed by atoms with E-state index in [4.69, 9.17) is 28.6 Å². The Morgan fingerprint density at radius 3 is 2.37 bits per heavy atom. The van der Waals surface area contributed by atoms with Gasteiger partial charge in [0.25, 0.3) is 0 Å². The molecule has 2 aromatic rings. The van der Waals surface area contributed by atoms with Crippen molar-refractivity contribution in [3.63, 3.8) is 0 Å². The van der Waals surface area contributed by atoms with Crippen LogP contribution in [0.2, 0.25) is 5.02 Å². The third kappa shape index (κ3) is 3.84. The van der Waals surface area contributed by atoms with Gasteiger partial charge in [0, 0.05) is 5.69 Å². The summed E-state index contributed by atoms with van der Waals surface area (Å²) in [6.45, 7) is 0. The van der Waals surface area contributed by atoms with E-state index in [1.165, 1.54) is 0 Å². The summed E-state index contributed by atoms with van der Waals surface area (Å²) in [5.41, 5.74) is 1.65. The van der Waals surface area contributed by atoms with Crippen LogP contribution in [0, 0.1) is 0 Å². The van der Waals surface area contributed by atoms with Crippen LogP contribution < -0.4 is 15.4 Å². The Morgan fingerprint density at radius 2 is 1.74 bits per heavy atom. The number of methoxy groups -OCH3 is 1. The normalized spacial score (nSPS) is 9.79. The van der Waals surface area contributed by atoms with Crippen molar-refractivity contribution in [2.24, 2.45) is 0 Å². The highest BCUT2D eigenvalue weighted by Gasteiger charge is 2.02. The largest absolute Gasteiger partial charge is 0.497 e. The number of ether oxygens (including phenoxy) is 1. The molecule has 2 rings (SSSR count). The highest BCUT2D eigenvalue weighted by Crippen LogP contribution is 2.21. The number of anilines is 2. The Morgan fingerprint density at radius 1 is 1.05 bits per heavy atom. The second-order valence-electron chi connectivity index (χ2n) is 3.79. The first-order valence-corrected chi connectivity index (χ1v) is 6.44. The van der Waals surface area contributed by atoms with Crippen molar-refractivity contribution >= 4 is 40.3 Å². The third-order valence-corrected chi connectivity index (χ3v) is 3.00. The molecule has 2 aromatic carbocycles. The maximum atomic E-state index is 6.04. The highest BCUT2D eigenvalue weighted by molar-refractivity contribution is 7.80. The number of rotatable bonds is 3. The average molecular weight is 293 g/mol. The van der Waals surface area contributed by atoms with Crippen molar-refractivity contribution in [2.75, 3.05) is 17.7 Å². The van der Waals surface area contributed by atoms with E-state index in [1.54, 1.807) is 13.2 Å². The molecule has 19 heavy (non-hydrogen) atoms. The molecule has 0 aliphatic carbocycles. The van der Waals surface area contributed by atoms with E-state index in [0.717, 1.165) is 17.1 Å². The van der Waals surface area contributed by atoms with Crippen molar-refractivity contribution in [1.29, 1.82) is 0 Å². The average Bonchev–Trinajstić information content (AvgIpc) is 2.42. The summed E-state index contributed by atoms with van der Waals surface area (Å²) in [5, 5.41) is 7.23. The molecule has 0 radical (unpaired) electrons. The number of hydrogen-bond donors (Lipinski definition) is 2. The zero-order valence-corrected chi connectivity index (χ0v) is 11.9. The molecule has 0 aliphatic heterocycles. The molecule has 0 atom stereocenters. The van der Waals surface area contributed by atoms with Gasteiger partial charge in [0.05, 0.1) is 17.8 Å². The second-order valence-corrected chi connectivity index (χ2v) is 4.60. The molecule has 0 saturated carbocycles. The zero-order valence-electron chi connectivity index (χ0n) is 10.3. The van der Waals surface area contributed by atoms with E-state index in [2.05, 4.69) is 10.6 Å². The van der Waals surface area contributed by atoms with Gasteiger partial charge in [-0.15, -0.1) is 0 Å². The summed E-state index contributed by atoms with van der Waals surface area (Å²) in [7, 11) is 1.63. The summed E-state index contributed by atoms with van der Waals surface area (Å²) in [4.78, 5) is 0. The molecule has 0 spiro atoms. The van der Waals surface area contributed by atoms with Crippen LogP contribution >= 0.6 is 23.8 Å². The Hall–Kier alpha value is -1.78. The van der Waals surface area contributed by atoms with Gasteiger partial charge in [0.1, 0.15) is 5.75 Å². The van der Waals surface area contributed by atoms with Crippen LogP contribution in [0.4, 0.5) is 11.4 Å². The van der Waals surface area contributed by atoms with Crippen molar-refractivity contribution < 1.29 is 4.74 Å². The maximum absolute atomic E-state index is 6.04. The first-order chi connectivity index (χ1) is 9.19. The molecular weight excluding hydrogens is 280 g/mol. The van der Waals surface area contributed by atoms with E-state index in [1.807, 2.05) is 42.5 Å². The van der Waals surface area contributed by atoms with E-state index >= 15 is 0 Å². The van der Waals surface area contributed by atoms with Crippen molar-refractivity contribution in [1.82, 2.24) is 0 Å². The van der Waals surface area contributed by atoms with E-state index < -0.39 is 0 Å². The Labute approximate surface area is 122 Å². The van der Waals surface area contributed by atoms with Gasteiger partial charge in [-0.05, 0) is 48.6 Å². The van der Waals surface area contributed by atoms with Crippen LogP contribution in [0.1, 0.15) is 0 Å². The van der Waals surface area contributed by atoms with E-state index in [0.29, 0.717) is 10.1 Å². The molecule has 0 heterocycles. The van der Waals surface area contributed by atoms with Gasteiger partial charge < -0.3 is 15.4 Å². The lowest BCUT2D eigenvalue weighted by Crippen LogP contribution is -2.19. The molecule has 98 valence electrons. The fourth-order valence-electron chi connectivity index (χ4n) is 1.52. The van der Waals surface area contributed by atoms with E-state index in [-0.39, 0.29) is 0 Å². The predicted molar refractivity (Wildman–Crippen MR) is 84.3 cm³/mol. The molecule has 0 saturated heterocycles. The van der Waals surface area contributed by atoms with Crippen LogP contribution in [0.5, 0.6) is 5.75 Å². The maximum Gasteiger partial charge on any atom is 0.175 e. The minimum atomic E-state index is 0.485. The minimum absolute atomic E-state index is 0.485. The fraction of sp³-hybridized carbons (Fsp3) is 0.0714. The van der Waals surface area contributed by atoms with Gasteiger partial charge in [0.15, 0.2) is 5.11 Å². The fourth-order valence-corrected chi connectivity index (χ4v) is 1.93. The van der Waals surface area contributed by atoms with Gasteiger partial charge in [-0.25, -0.2) is 0 Å². The van der Waals surface area contributed by atoms with Crippen LogP contribution in [0.25, 0.3) is 0 Å². The smallest absolute Gasteiger partial charge is 0.175 e. The Bertz CT molecular complexity index is 572. The lowest BCUT2D eigenvalue weighted by atomic mass is 10.3. The number of thiocarbonyl (C=S) groups is 1. The van der Waals surface area contributed by atoms with Crippen LogP contribution in [0.15, 0.2) is 48.5 Å². The monoisotopic (exact) mass is 292 g/mol. The molecule has 2 N–H and O–H groups in total. The van der Waals surface area contributed by atoms with Gasteiger partial charge in [-0.2, -0.15) is 0 Å². The van der Waals surface area contributed by atoms with Crippen molar-refractivity contribution in [2.45, 2.75) is 0 Å². The number of nitrogens with one attached hydrogen (secondary N) is 2. The standard InChI is InChI=1S/C14H13ClN2OS/c1-18-11-8-6-10(7-9-11)16-14(19)17-13-5-3-2-4-12(13)15/h2-9H,1H3,(H2,16,17,19). The summed E-state index contributed by atoms with van der Waals surface area (Å²) < 4.78 is 5.09. The third-order valence-electron chi connectivity index (χ3n) is 2.47. The van der Waals surface area contributed by atoms with Crippen LogP contribution in [-0.2, 0) is 0 Å². The molecule has 0 aliphatic rings. The topological polar surface area (TPSA) is 33.3 Å². The summed E-state index contributed by atoms with van der Waals surface area (Å²) >= 11 is 11.3. The van der Waals surface area contributed by atoms with Gasteiger partial charge >= 0.3 is 0 Å². The minimum Gasteiger partial charge on any atom is -0.497 e. The predicted octanol–water partition coefficient (Wildman–Crippen LogP) is 4.16. The highest BCUT2D eigenvalue weighted by atomic mass is 35.5. The van der Waals surface area contributed by atoms with Crippen molar-refractivity contribution in [3.8, 4) is 5.75 Å². The van der Waals surface area contributed by atoms with Crippen LogP contribution in [0.3, 0.4) is 0 Å². The molecule has 5 heteroatoms. The van der Waals surface area contributed by atoms with Gasteiger partial charge in [0.2, 0.25) is 0 Å². The molecule has 3 nitrogen and oxygen atoms in total. The molecular formula is C14H13ClN2OS. The number of benzene rings is 2. The van der Waals surface area contributed by atoms with Crippen molar-refractivity contribution in [3.05, 3.63) is 53.6 Å². The van der Waals surface area contributed by atoms with Gasteiger partial charge in [-0.3, -0.25) is 0 Å². The number of halogens is 1. The Kier molecular flexibility index (Phi) is 4.60. The molecule has 0 bridgehead atoms. The molecule has 0 aromatic heterocycles. The Balaban J connectivity index is 1.99. The summed E-state index contributed by atoms with van der Waals surface area (Å²) in [5.74, 6) is 0.801. The van der Waals surface area contributed by atoms with E-state index in [9.17, 15) is 0 Å². The summed E-state index contributed by atoms with van der Waals surface area (Å²) in [6, 6.07) is 14.9. The lowest BCUT2D eigenvalue weighted by Gasteiger charge is -2.11.